The SMILES string of the molecule is O=C(O)c1nc(OC2CCOCC2)c2ccccc2n1. The number of ether oxygens (including phenoxy) is 2. The van der Waals surface area contributed by atoms with E-state index in [1.54, 1.807) is 12.1 Å². The quantitative estimate of drug-likeness (QED) is 0.920. The Bertz CT molecular complexity index is 638. The summed E-state index contributed by atoms with van der Waals surface area (Å²) in [7, 11) is 0. The zero-order valence-corrected chi connectivity index (χ0v) is 10.8. The summed E-state index contributed by atoms with van der Waals surface area (Å²) in [5.74, 6) is -1.07. The fourth-order valence-electron chi connectivity index (χ4n) is 2.18. The molecule has 1 N–H and O–H groups in total. The van der Waals surface area contributed by atoms with Crippen molar-refractivity contribution in [2.45, 2.75) is 18.9 Å². The van der Waals surface area contributed by atoms with Crippen LogP contribution in [0.15, 0.2) is 24.3 Å². The average Bonchev–Trinajstić information content (AvgIpc) is 2.48. The van der Waals surface area contributed by atoms with Crippen molar-refractivity contribution in [1.82, 2.24) is 9.97 Å². The third-order valence-electron chi connectivity index (χ3n) is 3.21. The molecule has 0 spiro atoms. The first-order valence-electron chi connectivity index (χ1n) is 6.48. The van der Waals surface area contributed by atoms with E-state index in [2.05, 4.69) is 9.97 Å². The summed E-state index contributed by atoms with van der Waals surface area (Å²) in [5.41, 5.74) is 0.571. The first-order chi connectivity index (χ1) is 9.74. The fraction of sp³-hybridized carbons (Fsp3) is 0.357. The van der Waals surface area contributed by atoms with Crippen LogP contribution in [0.3, 0.4) is 0 Å². The summed E-state index contributed by atoms with van der Waals surface area (Å²) in [6.07, 6.45) is 1.56. The van der Waals surface area contributed by atoms with Crippen molar-refractivity contribution in [2.24, 2.45) is 0 Å². The highest BCUT2D eigenvalue weighted by Crippen LogP contribution is 2.25. The third-order valence-corrected chi connectivity index (χ3v) is 3.21. The van der Waals surface area contributed by atoms with Crippen molar-refractivity contribution in [3.8, 4) is 5.88 Å². The highest BCUT2D eigenvalue weighted by atomic mass is 16.5. The van der Waals surface area contributed by atoms with Gasteiger partial charge in [-0.1, -0.05) is 12.1 Å². The van der Waals surface area contributed by atoms with Crippen molar-refractivity contribution < 1.29 is 19.4 Å². The van der Waals surface area contributed by atoms with Gasteiger partial charge in [0, 0.05) is 12.8 Å². The Hall–Kier alpha value is -2.21. The van der Waals surface area contributed by atoms with E-state index in [1.165, 1.54) is 0 Å². The molecule has 0 unspecified atom stereocenters. The molecule has 1 fully saturated rings. The highest BCUT2D eigenvalue weighted by Gasteiger charge is 2.19. The number of benzene rings is 1. The van der Waals surface area contributed by atoms with Gasteiger partial charge < -0.3 is 14.6 Å². The lowest BCUT2D eigenvalue weighted by molar-refractivity contribution is 0.0241. The summed E-state index contributed by atoms with van der Waals surface area (Å²) in [4.78, 5) is 19.1. The van der Waals surface area contributed by atoms with Gasteiger partial charge in [-0.15, -0.1) is 0 Å². The molecule has 2 aromatic rings. The lowest BCUT2D eigenvalue weighted by atomic mass is 10.1. The first-order valence-corrected chi connectivity index (χ1v) is 6.48. The largest absolute Gasteiger partial charge is 0.475 e. The van der Waals surface area contributed by atoms with Gasteiger partial charge in [0.05, 0.1) is 24.1 Å². The minimum atomic E-state index is -1.16. The van der Waals surface area contributed by atoms with Crippen LogP contribution in [0.4, 0.5) is 0 Å². The normalized spacial score (nSPS) is 16.2. The van der Waals surface area contributed by atoms with Gasteiger partial charge in [0.15, 0.2) is 0 Å². The van der Waals surface area contributed by atoms with E-state index in [0.717, 1.165) is 18.2 Å². The molecule has 1 saturated heterocycles. The molecule has 0 atom stereocenters. The molecule has 6 nitrogen and oxygen atoms in total. The van der Waals surface area contributed by atoms with Crippen molar-refractivity contribution in [2.75, 3.05) is 13.2 Å². The van der Waals surface area contributed by atoms with Crippen molar-refractivity contribution in [3.63, 3.8) is 0 Å². The predicted molar refractivity (Wildman–Crippen MR) is 71.0 cm³/mol. The Morgan fingerprint density at radius 1 is 1.25 bits per heavy atom. The Kier molecular flexibility index (Phi) is 3.47. The van der Waals surface area contributed by atoms with Crippen molar-refractivity contribution >= 4 is 16.9 Å². The van der Waals surface area contributed by atoms with Crippen LogP contribution in [0.25, 0.3) is 10.9 Å². The number of para-hydroxylation sites is 1. The van der Waals surface area contributed by atoms with Crippen LogP contribution in [0, 0.1) is 0 Å². The van der Waals surface area contributed by atoms with Gasteiger partial charge in [0.25, 0.3) is 0 Å². The lowest BCUT2D eigenvalue weighted by Gasteiger charge is -2.23. The average molecular weight is 274 g/mol. The summed E-state index contributed by atoms with van der Waals surface area (Å²) >= 11 is 0. The fourth-order valence-corrected chi connectivity index (χ4v) is 2.18. The highest BCUT2D eigenvalue weighted by molar-refractivity contribution is 5.89. The number of hydrogen-bond acceptors (Lipinski definition) is 5. The molecule has 2 heterocycles. The minimum absolute atomic E-state index is 0.00343. The maximum absolute atomic E-state index is 11.1. The zero-order chi connectivity index (χ0) is 13.9. The number of hydrogen-bond donors (Lipinski definition) is 1. The van der Waals surface area contributed by atoms with Gasteiger partial charge in [-0.25, -0.2) is 9.78 Å². The number of carboxylic acid groups (broad SMARTS) is 1. The summed E-state index contributed by atoms with van der Waals surface area (Å²) < 4.78 is 11.1. The second kappa shape index (κ2) is 5.42. The maximum Gasteiger partial charge on any atom is 0.374 e. The molecule has 3 rings (SSSR count). The second-order valence-electron chi connectivity index (χ2n) is 4.60. The Morgan fingerprint density at radius 2 is 2.00 bits per heavy atom. The second-order valence-corrected chi connectivity index (χ2v) is 4.60. The molecule has 6 heteroatoms. The standard InChI is InChI=1S/C14H14N2O4/c17-14(18)12-15-11-4-2-1-3-10(11)13(16-12)20-9-5-7-19-8-6-9/h1-4,9H,5-8H2,(H,17,18). The molecule has 0 saturated carbocycles. The van der Waals surface area contributed by atoms with Crippen LogP contribution in [-0.4, -0.2) is 40.4 Å². The van der Waals surface area contributed by atoms with E-state index in [-0.39, 0.29) is 11.9 Å². The summed E-state index contributed by atoms with van der Waals surface area (Å²) in [6, 6.07) is 7.23. The number of aromatic carboxylic acids is 1. The van der Waals surface area contributed by atoms with E-state index >= 15 is 0 Å². The number of nitrogens with zero attached hydrogens (tertiary/aromatic N) is 2. The van der Waals surface area contributed by atoms with Crippen LogP contribution in [0.5, 0.6) is 5.88 Å². The van der Waals surface area contributed by atoms with E-state index in [0.29, 0.717) is 24.6 Å². The molecule has 0 aliphatic carbocycles. The van der Waals surface area contributed by atoms with Crippen molar-refractivity contribution in [1.29, 1.82) is 0 Å². The zero-order valence-electron chi connectivity index (χ0n) is 10.8. The molecule has 0 radical (unpaired) electrons. The van der Waals surface area contributed by atoms with E-state index < -0.39 is 5.97 Å². The molecule has 1 aromatic carbocycles. The Balaban J connectivity index is 2.00. The Morgan fingerprint density at radius 3 is 2.75 bits per heavy atom. The van der Waals surface area contributed by atoms with E-state index in [9.17, 15) is 4.79 Å². The van der Waals surface area contributed by atoms with Gasteiger partial charge in [-0.05, 0) is 12.1 Å². The molecular formula is C14H14N2O4. The first kappa shape index (κ1) is 12.8. The molecule has 1 aliphatic heterocycles. The smallest absolute Gasteiger partial charge is 0.374 e. The number of fused-ring (bicyclic) bond motifs is 1. The number of aromatic nitrogens is 2. The van der Waals surface area contributed by atoms with Gasteiger partial charge in [0.1, 0.15) is 6.10 Å². The lowest BCUT2D eigenvalue weighted by Crippen LogP contribution is -2.26. The Labute approximate surface area is 115 Å². The van der Waals surface area contributed by atoms with Crippen molar-refractivity contribution in [3.05, 3.63) is 30.1 Å². The van der Waals surface area contributed by atoms with Crippen LogP contribution in [0.2, 0.25) is 0 Å². The third kappa shape index (κ3) is 2.55. The molecular weight excluding hydrogens is 260 g/mol. The van der Waals surface area contributed by atoms with Crippen LogP contribution in [0.1, 0.15) is 23.5 Å². The molecule has 0 bridgehead atoms. The van der Waals surface area contributed by atoms with Gasteiger partial charge in [0.2, 0.25) is 11.7 Å². The molecule has 104 valence electrons. The van der Waals surface area contributed by atoms with Crippen LogP contribution >= 0.6 is 0 Å². The molecule has 1 aromatic heterocycles. The van der Waals surface area contributed by atoms with Gasteiger partial charge >= 0.3 is 5.97 Å². The van der Waals surface area contributed by atoms with Crippen LogP contribution < -0.4 is 4.74 Å². The van der Waals surface area contributed by atoms with E-state index in [1.807, 2.05) is 12.1 Å². The van der Waals surface area contributed by atoms with Crippen LogP contribution in [-0.2, 0) is 4.74 Å². The molecule has 1 aliphatic rings. The summed E-state index contributed by atoms with van der Waals surface area (Å²) in [6.45, 7) is 1.30. The minimum Gasteiger partial charge on any atom is -0.475 e. The maximum atomic E-state index is 11.1. The number of carbonyl (C=O) groups is 1. The molecule has 0 amide bonds. The van der Waals surface area contributed by atoms with Gasteiger partial charge in [-0.2, -0.15) is 4.98 Å². The number of carboxylic acids is 1. The topological polar surface area (TPSA) is 81.5 Å². The summed E-state index contributed by atoms with van der Waals surface area (Å²) in [5, 5.41) is 9.80. The van der Waals surface area contributed by atoms with Gasteiger partial charge in [-0.3, -0.25) is 0 Å². The number of rotatable bonds is 3. The molecule has 20 heavy (non-hydrogen) atoms. The van der Waals surface area contributed by atoms with E-state index in [4.69, 9.17) is 14.6 Å². The predicted octanol–water partition coefficient (Wildman–Crippen LogP) is 1.89. The monoisotopic (exact) mass is 274 g/mol.